The summed E-state index contributed by atoms with van der Waals surface area (Å²) in [6, 6.07) is 12.3. The van der Waals surface area contributed by atoms with E-state index in [1.54, 1.807) is 24.3 Å². The number of carbonyl (C=O) groups is 1. The lowest BCUT2D eigenvalue weighted by molar-refractivity contribution is -0.113. The van der Waals surface area contributed by atoms with Crippen molar-refractivity contribution in [1.82, 2.24) is 10.6 Å². The number of hydrogen-bond acceptors (Lipinski definition) is 3. The molecule has 0 saturated carbocycles. The average Bonchev–Trinajstić information content (AvgIpc) is 2.58. The van der Waals surface area contributed by atoms with Gasteiger partial charge in [0.25, 0.3) is 5.91 Å². The number of aryl methyl sites for hydroxylation is 2. The molecule has 134 valence electrons. The van der Waals surface area contributed by atoms with Crippen molar-refractivity contribution in [3.8, 4) is 5.75 Å². The van der Waals surface area contributed by atoms with Gasteiger partial charge in [-0.3, -0.25) is 4.79 Å². The highest BCUT2D eigenvalue weighted by Gasteiger charge is 2.30. The number of carbonyl (C=O) groups excluding carboxylic acids is 1. The highest BCUT2D eigenvalue weighted by atomic mass is 32.1. The van der Waals surface area contributed by atoms with Crippen LogP contribution in [0.25, 0.3) is 0 Å². The maximum atomic E-state index is 13.1. The third-order valence-electron chi connectivity index (χ3n) is 4.38. The molecule has 1 unspecified atom stereocenters. The van der Waals surface area contributed by atoms with Crippen LogP contribution in [0, 0.1) is 13.8 Å². The molecular formula is C20H21N3O2S. The Morgan fingerprint density at radius 1 is 1.12 bits per heavy atom. The zero-order chi connectivity index (χ0) is 18.8. The average molecular weight is 367 g/mol. The Morgan fingerprint density at radius 2 is 1.81 bits per heavy atom. The van der Waals surface area contributed by atoms with E-state index >= 15 is 0 Å². The lowest BCUT2D eigenvalue weighted by atomic mass is 9.94. The van der Waals surface area contributed by atoms with E-state index in [0.29, 0.717) is 16.4 Å². The van der Waals surface area contributed by atoms with E-state index in [1.165, 1.54) is 0 Å². The standard InChI is InChI=1S/C20H21N3O2S/c1-11-4-5-12(2)16(10-11)22-19(25)17-13(3)21-20(26)23-18(17)14-6-8-15(24)9-7-14/h4-10,18,24H,1-3H3,(H,22,25)(H2,21,23,26). The molecule has 0 spiro atoms. The van der Waals surface area contributed by atoms with Crippen LogP contribution in [0.3, 0.4) is 0 Å². The molecule has 0 bridgehead atoms. The Balaban J connectivity index is 1.96. The summed E-state index contributed by atoms with van der Waals surface area (Å²) in [6.45, 7) is 5.78. The number of allylic oxidation sites excluding steroid dienone is 1. The predicted octanol–water partition coefficient (Wildman–Crippen LogP) is 3.44. The number of hydrogen-bond donors (Lipinski definition) is 4. The highest BCUT2D eigenvalue weighted by Crippen LogP contribution is 2.29. The van der Waals surface area contributed by atoms with Gasteiger partial charge in [0, 0.05) is 11.4 Å². The van der Waals surface area contributed by atoms with Gasteiger partial charge < -0.3 is 21.1 Å². The van der Waals surface area contributed by atoms with E-state index in [2.05, 4.69) is 16.0 Å². The van der Waals surface area contributed by atoms with Crippen LogP contribution in [0.4, 0.5) is 5.69 Å². The monoisotopic (exact) mass is 367 g/mol. The molecule has 1 amide bonds. The minimum Gasteiger partial charge on any atom is -0.508 e. The molecule has 2 aromatic carbocycles. The van der Waals surface area contributed by atoms with Gasteiger partial charge >= 0.3 is 0 Å². The third-order valence-corrected chi connectivity index (χ3v) is 4.60. The maximum absolute atomic E-state index is 13.1. The van der Waals surface area contributed by atoms with Gasteiger partial charge in [-0.05, 0) is 67.9 Å². The van der Waals surface area contributed by atoms with Crippen LogP contribution in [0.2, 0.25) is 0 Å². The number of amides is 1. The van der Waals surface area contributed by atoms with E-state index in [4.69, 9.17) is 12.2 Å². The van der Waals surface area contributed by atoms with Crippen molar-refractivity contribution in [1.29, 1.82) is 0 Å². The lowest BCUT2D eigenvalue weighted by Crippen LogP contribution is -2.45. The number of phenols is 1. The van der Waals surface area contributed by atoms with Crippen LogP contribution in [0.15, 0.2) is 53.7 Å². The normalized spacial score (nSPS) is 16.7. The molecule has 0 radical (unpaired) electrons. The molecule has 0 aromatic heterocycles. The van der Waals surface area contributed by atoms with Gasteiger partial charge in [-0.1, -0.05) is 24.3 Å². The second-order valence-corrected chi connectivity index (χ2v) is 6.84. The van der Waals surface area contributed by atoms with Gasteiger partial charge in [-0.2, -0.15) is 0 Å². The molecule has 26 heavy (non-hydrogen) atoms. The van der Waals surface area contributed by atoms with E-state index in [9.17, 15) is 9.90 Å². The number of rotatable bonds is 3. The first-order valence-electron chi connectivity index (χ1n) is 8.31. The van der Waals surface area contributed by atoms with Crippen molar-refractivity contribution < 1.29 is 9.90 Å². The Bertz CT molecular complexity index is 904. The molecule has 0 saturated heterocycles. The quantitative estimate of drug-likeness (QED) is 0.626. The molecule has 1 atom stereocenters. The van der Waals surface area contributed by atoms with Gasteiger partial charge in [0.15, 0.2) is 5.11 Å². The predicted molar refractivity (Wildman–Crippen MR) is 107 cm³/mol. The molecule has 1 heterocycles. The zero-order valence-electron chi connectivity index (χ0n) is 14.9. The summed E-state index contributed by atoms with van der Waals surface area (Å²) < 4.78 is 0. The molecule has 4 N–H and O–H groups in total. The first-order valence-corrected chi connectivity index (χ1v) is 8.72. The number of nitrogens with one attached hydrogen (secondary N) is 3. The summed E-state index contributed by atoms with van der Waals surface area (Å²) in [7, 11) is 0. The fourth-order valence-corrected chi connectivity index (χ4v) is 3.24. The SMILES string of the molecule is CC1=C(C(=O)Nc2cc(C)ccc2C)C(c2ccc(O)cc2)NC(=S)N1. The van der Waals surface area contributed by atoms with Gasteiger partial charge in [0.05, 0.1) is 11.6 Å². The first-order chi connectivity index (χ1) is 12.3. The van der Waals surface area contributed by atoms with Gasteiger partial charge in [0.1, 0.15) is 5.75 Å². The summed E-state index contributed by atoms with van der Waals surface area (Å²) >= 11 is 5.26. The largest absolute Gasteiger partial charge is 0.508 e. The number of benzene rings is 2. The van der Waals surface area contributed by atoms with Crippen molar-refractivity contribution in [2.45, 2.75) is 26.8 Å². The number of anilines is 1. The zero-order valence-corrected chi connectivity index (χ0v) is 15.7. The third kappa shape index (κ3) is 3.70. The van der Waals surface area contributed by atoms with Crippen LogP contribution < -0.4 is 16.0 Å². The molecule has 1 aliphatic rings. The fraction of sp³-hybridized carbons (Fsp3) is 0.200. The molecule has 0 aliphatic carbocycles. The van der Waals surface area contributed by atoms with Crippen molar-refractivity contribution in [3.05, 3.63) is 70.4 Å². The first kappa shape index (κ1) is 17.9. The summed E-state index contributed by atoms with van der Waals surface area (Å²) in [5.74, 6) is -0.0240. The molecule has 3 rings (SSSR count). The molecule has 5 nitrogen and oxygen atoms in total. The lowest BCUT2D eigenvalue weighted by Gasteiger charge is -2.30. The van der Waals surface area contributed by atoms with Crippen LogP contribution in [-0.4, -0.2) is 16.1 Å². The van der Waals surface area contributed by atoms with Crippen LogP contribution in [0.1, 0.15) is 29.7 Å². The minimum atomic E-state index is -0.394. The van der Waals surface area contributed by atoms with E-state index in [1.807, 2.05) is 39.0 Å². The number of phenolic OH excluding ortho intramolecular Hbond substituents is 1. The number of aromatic hydroxyl groups is 1. The van der Waals surface area contributed by atoms with Crippen LogP contribution >= 0.6 is 12.2 Å². The van der Waals surface area contributed by atoms with Crippen molar-refractivity contribution in [2.24, 2.45) is 0 Å². The van der Waals surface area contributed by atoms with Gasteiger partial charge in [0.2, 0.25) is 0 Å². The fourth-order valence-electron chi connectivity index (χ4n) is 2.97. The second kappa shape index (κ2) is 7.17. The van der Waals surface area contributed by atoms with Gasteiger partial charge in [-0.25, -0.2) is 0 Å². The topological polar surface area (TPSA) is 73.4 Å². The Kier molecular flexibility index (Phi) is 4.95. The van der Waals surface area contributed by atoms with E-state index in [0.717, 1.165) is 22.4 Å². The van der Waals surface area contributed by atoms with Crippen molar-refractivity contribution in [3.63, 3.8) is 0 Å². The Hall–Kier alpha value is -2.86. The van der Waals surface area contributed by atoms with Crippen molar-refractivity contribution in [2.75, 3.05) is 5.32 Å². The summed E-state index contributed by atoms with van der Waals surface area (Å²) in [4.78, 5) is 13.1. The highest BCUT2D eigenvalue weighted by molar-refractivity contribution is 7.80. The van der Waals surface area contributed by atoms with E-state index in [-0.39, 0.29) is 11.7 Å². The molecule has 6 heteroatoms. The summed E-state index contributed by atoms with van der Waals surface area (Å²) in [5.41, 5.74) is 4.97. The minimum absolute atomic E-state index is 0.173. The van der Waals surface area contributed by atoms with E-state index < -0.39 is 6.04 Å². The molecule has 1 aliphatic heterocycles. The number of thiocarbonyl (C=S) groups is 1. The maximum Gasteiger partial charge on any atom is 0.255 e. The van der Waals surface area contributed by atoms with Crippen LogP contribution in [0.5, 0.6) is 5.75 Å². The smallest absolute Gasteiger partial charge is 0.255 e. The second-order valence-electron chi connectivity index (χ2n) is 6.43. The van der Waals surface area contributed by atoms with Crippen molar-refractivity contribution >= 4 is 28.9 Å². The Labute approximate surface area is 158 Å². The molecular weight excluding hydrogens is 346 g/mol. The van der Waals surface area contributed by atoms with Gasteiger partial charge in [-0.15, -0.1) is 0 Å². The Morgan fingerprint density at radius 3 is 2.50 bits per heavy atom. The molecule has 0 fully saturated rings. The summed E-state index contributed by atoms with van der Waals surface area (Å²) in [6.07, 6.45) is 0. The summed E-state index contributed by atoms with van der Waals surface area (Å²) in [5, 5.41) is 19.2. The molecule has 2 aromatic rings. The van der Waals surface area contributed by atoms with Crippen LogP contribution in [-0.2, 0) is 4.79 Å².